The van der Waals surface area contributed by atoms with Crippen LogP contribution in [0.1, 0.15) is 25.7 Å². The molecule has 0 heterocycles. The molecule has 0 aliphatic heterocycles. The Kier molecular flexibility index (Phi) is 3.57. The molecule has 1 aliphatic rings. The highest BCUT2D eigenvalue weighted by Crippen LogP contribution is 2.31. The predicted molar refractivity (Wildman–Crippen MR) is 68.9 cm³/mol. The van der Waals surface area contributed by atoms with Crippen LogP contribution in [-0.2, 0) is 9.59 Å². The number of carboxylic acids is 1. The van der Waals surface area contributed by atoms with E-state index >= 15 is 0 Å². The number of ketones is 1. The molecule has 0 spiro atoms. The zero-order chi connectivity index (χ0) is 13.2. The molecule has 1 aliphatic carbocycles. The Labute approximate surface area is 110 Å². The van der Waals surface area contributed by atoms with Gasteiger partial charge in [-0.05, 0) is 31.0 Å². The van der Waals surface area contributed by atoms with E-state index < -0.39 is 11.5 Å². The molecule has 2 N–H and O–H groups in total. The van der Waals surface area contributed by atoms with Gasteiger partial charge in [-0.1, -0.05) is 17.7 Å². The van der Waals surface area contributed by atoms with Crippen molar-refractivity contribution in [3.63, 3.8) is 0 Å². The maximum Gasteiger partial charge on any atom is 0.329 e. The van der Waals surface area contributed by atoms with E-state index in [1.165, 1.54) is 0 Å². The highest BCUT2D eigenvalue weighted by Gasteiger charge is 2.41. The molecule has 1 fully saturated rings. The first-order chi connectivity index (χ1) is 8.52. The summed E-state index contributed by atoms with van der Waals surface area (Å²) in [6.07, 6.45) is 1.24. The summed E-state index contributed by atoms with van der Waals surface area (Å²) in [6.45, 7) is 0. The first-order valence-corrected chi connectivity index (χ1v) is 6.18. The smallest absolute Gasteiger partial charge is 0.329 e. The second-order valence-electron chi connectivity index (χ2n) is 4.56. The number of carbonyl (C=O) groups is 2. The van der Waals surface area contributed by atoms with E-state index in [-0.39, 0.29) is 5.78 Å². The van der Waals surface area contributed by atoms with Gasteiger partial charge in [-0.3, -0.25) is 4.79 Å². The Morgan fingerprint density at radius 2 is 2.00 bits per heavy atom. The highest BCUT2D eigenvalue weighted by molar-refractivity contribution is 6.30. The van der Waals surface area contributed by atoms with Gasteiger partial charge in [0.1, 0.15) is 11.3 Å². The molecule has 0 unspecified atom stereocenters. The van der Waals surface area contributed by atoms with Crippen molar-refractivity contribution in [2.75, 3.05) is 5.32 Å². The van der Waals surface area contributed by atoms with Gasteiger partial charge in [0.25, 0.3) is 0 Å². The number of carboxylic acid groups (broad SMARTS) is 1. The van der Waals surface area contributed by atoms with Crippen LogP contribution in [0.15, 0.2) is 24.3 Å². The number of nitrogens with one attached hydrogen (secondary N) is 1. The van der Waals surface area contributed by atoms with Gasteiger partial charge in [0.05, 0.1) is 0 Å². The van der Waals surface area contributed by atoms with Gasteiger partial charge in [0.2, 0.25) is 0 Å². The van der Waals surface area contributed by atoms with E-state index in [0.29, 0.717) is 36.4 Å². The zero-order valence-electron chi connectivity index (χ0n) is 9.78. The van der Waals surface area contributed by atoms with E-state index in [4.69, 9.17) is 11.6 Å². The third-order valence-electron chi connectivity index (χ3n) is 3.28. The number of halogens is 1. The molecule has 0 saturated heterocycles. The molecule has 2 rings (SSSR count). The van der Waals surface area contributed by atoms with E-state index in [1.54, 1.807) is 24.3 Å². The molecule has 18 heavy (non-hydrogen) atoms. The van der Waals surface area contributed by atoms with Crippen LogP contribution in [0, 0.1) is 0 Å². The molecule has 0 aromatic heterocycles. The zero-order valence-corrected chi connectivity index (χ0v) is 10.5. The van der Waals surface area contributed by atoms with Crippen molar-refractivity contribution in [3.05, 3.63) is 29.3 Å². The van der Waals surface area contributed by atoms with Gasteiger partial charge in [-0.15, -0.1) is 0 Å². The van der Waals surface area contributed by atoms with Crippen LogP contribution >= 0.6 is 11.6 Å². The predicted octanol–water partition coefficient (Wildman–Crippen LogP) is 2.72. The fourth-order valence-corrected chi connectivity index (χ4v) is 2.38. The molecule has 4 nitrogen and oxygen atoms in total. The van der Waals surface area contributed by atoms with Crippen LogP contribution in [0.25, 0.3) is 0 Å². The Bertz CT molecular complexity index is 477. The summed E-state index contributed by atoms with van der Waals surface area (Å²) in [4.78, 5) is 22.7. The van der Waals surface area contributed by atoms with Gasteiger partial charge >= 0.3 is 5.97 Å². The lowest BCUT2D eigenvalue weighted by Gasteiger charge is -2.34. The highest BCUT2D eigenvalue weighted by atomic mass is 35.5. The van der Waals surface area contributed by atoms with E-state index in [0.717, 1.165) is 0 Å². The van der Waals surface area contributed by atoms with Gasteiger partial charge in [-0.25, -0.2) is 4.79 Å². The van der Waals surface area contributed by atoms with Crippen molar-refractivity contribution in [3.8, 4) is 0 Å². The number of Topliss-reactive ketones (excluding diaryl/α,β-unsaturated/α-hetero) is 1. The van der Waals surface area contributed by atoms with Crippen LogP contribution in [0.5, 0.6) is 0 Å². The molecular formula is C13H14ClNO3. The Hall–Kier alpha value is -1.55. The summed E-state index contributed by atoms with van der Waals surface area (Å²) >= 11 is 5.87. The standard InChI is InChI=1S/C13H14ClNO3/c14-9-2-1-3-10(8-9)15-13(12(17)18)6-4-11(16)5-7-13/h1-3,8,15H,4-7H2,(H,17,18). The van der Waals surface area contributed by atoms with Crippen molar-refractivity contribution < 1.29 is 14.7 Å². The number of anilines is 1. The number of benzene rings is 1. The monoisotopic (exact) mass is 267 g/mol. The molecule has 0 amide bonds. The third-order valence-corrected chi connectivity index (χ3v) is 3.51. The molecule has 0 radical (unpaired) electrons. The first kappa shape index (κ1) is 12.9. The van der Waals surface area contributed by atoms with Crippen molar-refractivity contribution in [2.45, 2.75) is 31.2 Å². The lowest BCUT2D eigenvalue weighted by Crippen LogP contribution is -2.49. The Morgan fingerprint density at radius 3 is 2.56 bits per heavy atom. The number of rotatable bonds is 3. The van der Waals surface area contributed by atoms with Crippen LogP contribution in [0.2, 0.25) is 5.02 Å². The van der Waals surface area contributed by atoms with Gasteiger partial charge in [0.15, 0.2) is 0 Å². The average molecular weight is 268 g/mol. The van der Waals surface area contributed by atoms with Gasteiger partial charge < -0.3 is 10.4 Å². The molecule has 0 atom stereocenters. The van der Waals surface area contributed by atoms with Crippen molar-refractivity contribution in [2.24, 2.45) is 0 Å². The minimum atomic E-state index is -1.06. The van der Waals surface area contributed by atoms with Gasteiger partial charge in [-0.2, -0.15) is 0 Å². The SMILES string of the molecule is O=C1CCC(Nc2cccc(Cl)c2)(C(=O)O)CC1. The Balaban J connectivity index is 2.21. The van der Waals surface area contributed by atoms with Crippen LogP contribution in [0.4, 0.5) is 5.69 Å². The minimum Gasteiger partial charge on any atom is -0.480 e. The van der Waals surface area contributed by atoms with Crippen LogP contribution in [0.3, 0.4) is 0 Å². The molecule has 1 saturated carbocycles. The van der Waals surface area contributed by atoms with Crippen LogP contribution < -0.4 is 5.32 Å². The molecule has 1 aromatic carbocycles. The normalized spacial score (nSPS) is 18.4. The second kappa shape index (κ2) is 4.98. The van der Waals surface area contributed by atoms with Crippen molar-refractivity contribution in [1.82, 2.24) is 0 Å². The number of hydrogen-bond acceptors (Lipinski definition) is 3. The summed E-state index contributed by atoms with van der Waals surface area (Å²) in [5.74, 6) is -0.797. The maximum absolute atomic E-state index is 11.5. The molecule has 96 valence electrons. The van der Waals surface area contributed by atoms with E-state index in [1.807, 2.05) is 0 Å². The number of aliphatic carboxylic acids is 1. The fraction of sp³-hybridized carbons (Fsp3) is 0.385. The Morgan fingerprint density at radius 1 is 1.33 bits per heavy atom. The summed E-state index contributed by atoms with van der Waals surface area (Å²) < 4.78 is 0. The maximum atomic E-state index is 11.5. The largest absolute Gasteiger partial charge is 0.480 e. The topological polar surface area (TPSA) is 66.4 Å². The van der Waals surface area contributed by atoms with Crippen molar-refractivity contribution >= 4 is 29.0 Å². The average Bonchev–Trinajstić information content (AvgIpc) is 2.32. The molecule has 0 bridgehead atoms. The van der Waals surface area contributed by atoms with Gasteiger partial charge in [0, 0.05) is 23.6 Å². The minimum absolute atomic E-state index is 0.125. The summed E-state index contributed by atoms with van der Waals surface area (Å²) in [7, 11) is 0. The third kappa shape index (κ3) is 2.64. The van der Waals surface area contributed by atoms with E-state index in [2.05, 4.69) is 5.32 Å². The van der Waals surface area contributed by atoms with Crippen LogP contribution in [-0.4, -0.2) is 22.4 Å². The molecule has 5 heteroatoms. The van der Waals surface area contributed by atoms with Crippen molar-refractivity contribution in [1.29, 1.82) is 0 Å². The molecule has 1 aromatic rings. The number of carbonyl (C=O) groups excluding carboxylic acids is 1. The summed E-state index contributed by atoms with van der Waals surface area (Å²) in [5.41, 5.74) is -0.391. The summed E-state index contributed by atoms with van der Waals surface area (Å²) in [6, 6.07) is 6.94. The lowest BCUT2D eigenvalue weighted by atomic mass is 9.81. The first-order valence-electron chi connectivity index (χ1n) is 5.81. The second-order valence-corrected chi connectivity index (χ2v) is 5.00. The van der Waals surface area contributed by atoms with E-state index in [9.17, 15) is 14.7 Å². The number of hydrogen-bond donors (Lipinski definition) is 2. The lowest BCUT2D eigenvalue weighted by molar-refractivity contribution is -0.144. The quantitative estimate of drug-likeness (QED) is 0.884. The molecular weight excluding hydrogens is 254 g/mol. The fourth-order valence-electron chi connectivity index (χ4n) is 2.19. The summed E-state index contributed by atoms with van der Waals surface area (Å²) in [5, 5.41) is 13.0.